The molecule has 0 amide bonds. The van der Waals surface area contributed by atoms with Crippen molar-refractivity contribution in [3.63, 3.8) is 0 Å². The van der Waals surface area contributed by atoms with Crippen LogP contribution in [-0.4, -0.2) is 30.3 Å². The zero-order valence-corrected chi connectivity index (χ0v) is 23.6. The van der Waals surface area contributed by atoms with Crippen molar-refractivity contribution in [1.82, 2.24) is 4.57 Å². The predicted octanol–water partition coefficient (Wildman–Crippen LogP) is 7.42. The minimum absolute atomic E-state index is 0.0626. The summed E-state index contributed by atoms with van der Waals surface area (Å²) in [5.41, 5.74) is -0.818. The van der Waals surface area contributed by atoms with E-state index >= 15 is 8.78 Å². The third kappa shape index (κ3) is 5.17. The van der Waals surface area contributed by atoms with Gasteiger partial charge in [-0.1, -0.05) is 53.7 Å². The number of thioether (sulfide) groups is 1. The Balaban J connectivity index is 1.82. The number of fused-ring (bicyclic) bond motifs is 1. The van der Waals surface area contributed by atoms with E-state index in [0.717, 1.165) is 18.2 Å². The van der Waals surface area contributed by atoms with E-state index in [1.807, 2.05) is 6.07 Å². The lowest BCUT2D eigenvalue weighted by atomic mass is 9.92. The summed E-state index contributed by atoms with van der Waals surface area (Å²) in [6.07, 6.45) is -5.30. The van der Waals surface area contributed by atoms with Crippen LogP contribution in [0.3, 0.4) is 0 Å². The maximum absolute atomic E-state index is 15.6. The molecule has 0 radical (unpaired) electrons. The van der Waals surface area contributed by atoms with Crippen LogP contribution in [0.2, 0.25) is 0 Å². The first kappa shape index (κ1) is 29.4. The SMILES string of the molecule is CON=C(c1ccccc1)C1CSc2c(Cc3c(F)cccc3C(F)(F)F)c(C)c(-c3cccc(OC)c3F)c(=O)n21. The number of hydrogen-bond donors (Lipinski definition) is 0. The average molecular weight is 601 g/mol. The van der Waals surface area contributed by atoms with Crippen molar-refractivity contribution in [3.05, 3.63) is 117 Å². The molecule has 0 aliphatic carbocycles. The fourth-order valence-corrected chi connectivity index (χ4v) is 6.66. The van der Waals surface area contributed by atoms with Crippen LogP contribution in [0.25, 0.3) is 11.1 Å². The molecule has 5 rings (SSSR count). The molecule has 2 heterocycles. The number of nitrogens with zero attached hydrogens (tertiary/aromatic N) is 2. The van der Waals surface area contributed by atoms with Crippen LogP contribution in [0.4, 0.5) is 22.0 Å². The molecule has 1 atom stereocenters. The second kappa shape index (κ2) is 11.6. The summed E-state index contributed by atoms with van der Waals surface area (Å²) in [5.74, 6) is -1.66. The lowest BCUT2D eigenvalue weighted by molar-refractivity contribution is -0.138. The summed E-state index contributed by atoms with van der Waals surface area (Å²) in [7, 11) is 2.65. The van der Waals surface area contributed by atoms with Crippen LogP contribution in [0.1, 0.15) is 33.9 Å². The number of aromatic nitrogens is 1. The zero-order valence-electron chi connectivity index (χ0n) is 22.8. The number of pyridine rings is 1. The molecule has 0 fully saturated rings. The maximum atomic E-state index is 15.6. The molecule has 1 aliphatic heterocycles. The number of benzene rings is 3. The summed E-state index contributed by atoms with van der Waals surface area (Å²) in [6, 6.07) is 15.4. The first-order valence-electron chi connectivity index (χ1n) is 12.8. The monoisotopic (exact) mass is 600 g/mol. The van der Waals surface area contributed by atoms with Crippen LogP contribution >= 0.6 is 11.8 Å². The highest BCUT2D eigenvalue weighted by Crippen LogP contribution is 2.43. The number of ether oxygens (including phenoxy) is 1. The molecule has 1 unspecified atom stereocenters. The van der Waals surface area contributed by atoms with Crippen molar-refractivity contribution in [2.75, 3.05) is 20.0 Å². The molecule has 11 heteroatoms. The number of methoxy groups -OCH3 is 1. The van der Waals surface area contributed by atoms with Crippen LogP contribution in [0.15, 0.2) is 81.7 Å². The normalized spacial score (nSPS) is 15.0. The van der Waals surface area contributed by atoms with Gasteiger partial charge in [0.25, 0.3) is 5.56 Å². The molecule has 1 aliphatic rings. The number of oxime groups is 1. The van der Waals surface area contributed by atoms with Gasteiger partial charge < -0.3 is 9.57 Å². The van der Waals surface area contributed by atoms with Gasteiger partial charge in [0.1, 0.15) is 18.6 Å². The van der Waals surface area contributed by atoms with Gasteiger partial charge in [-0.15, -0.1) is 11.8 Å². The van der Waals surface area contributed by atoms with E-state index in [1.165, 1.54) is 55.7 Å². The van der Waals surface area contributed by atoms with Crippen LogP contribution < -0.4 is 10.3 Å². The van der Waals surface area contributed by atoms with E-state index in [4.69, 9.17) is 9.57 Å². The summed E-state index contributed by atoms with van der Waals surface area (Å²) in [4.78, 5) is 19.4. The molecule has 3 aromatic carbocycles. The lowest BCUT2D eigenvalue weighted by Gasteiger charge is -2.22. The van der Waals surface area contributed by atoms with Crippen molar-refractivity contribution in [3.8, 4) is 16.9 Å². The van der Waals surface area contributed by atoms with Gasteiger partial charge in [0.05, 0.1) is 29.3 Å². The Morgan fingerprint density at radius 3 is 2.38 bits per heavy atom. The van der Waals surface area contributed by atoms with E-state index in [0.29, 0.717) is 16.3 Å². The Hall–Kier alpha value is -4.12. The van der Waals surface area contributed by atoms with E-state index < -0.39 is 47.0 Å². The summed E-state index contributed by atoms with van der Waals surface area (Å²) >= 11 is 1.24. The Labute approximate surface area is 242 Å². The van der Waals surface area contributed by atoms with Crippen molar-refractivity contribution in [2.24, 2.45) is 5.16 Å². The van der Waals surface area contributed by atoms with Gasteiger partial charge in [-0.3, -0.25) is 9.36 Å². The summed E-state index contributed by atoms with van der Waals surface area (Å²) in [5, 5.41) is 4.55. The topological polar surface area (TPSA) is 52.8 Å². The van der Waals surface area contributed by atoms with Crippen molar-refractivity contribution >= 4 is 17.5 Å². The fraction of sp³-hybridized carbons (Fsp3) is 0.226. The van der Waals surface area contributed by atoms with Gasteiger partial charge in [-0.25, -0.2) is 8.78 Å². The smallest absolute Gasteiger partial charge is 0.416 e. The molecule has 0 saturated heterocycles. The molecule has 0 saturated carbocycles. The van der Waals surface area contributed by atoms with Crippen LogP contribution in [0, 0.1) is 18.6 Å². The van der Waals surface area contributed by atoms with E-state index in [-0.39, 0.29) is 33.8 Å². The minimum Gasteiger partial charge on any atom is -0.494 e. The number of alkyl halides is 3. The summed E-state index contributed by atoms with van der Waals surface area (Å²) in [6.45, 7) is 1.54. The highest BCUT2D eigenvalue weighted by atomic mass is 32.2. The lowest BCUT2D eigenvalue weighted by Crippen LogP contribution is -2.32. The quantitative estimate of drug-likeness (QED) is 0.126. The predicted molar refractivity (Wildman–Crippen MR) is 151 cm³/mol. The van der Waals surface area contributed by atoms with Gasteiger partial charge in [-0.05, 0) is 36.2 Å². The summed E-state index contributed by atoms with van der Waals surface area (Å²) < 4.78 is 79.1. The molecule has 1 aromatic heterocycles. The zero-order chi connectivity index (χ0) is 30.2. The van der Waals surface area contributed by atoms with Crippen molar-refractivity contribution in [2.45, 2.75) is 30.6 Å². The van der Waals surface area contributed by atoms with Crippen molar-refractivity contribution < 1.29 is 31.5 Å². The van der Waals surface area contributed by atoms with E-state index in [2.05, 4.69) is 5.16 Å². The first-order chi connectivity index (χ1) is 20.1. The van der Waals surface area contributed by atoms with E-state index in [9.17, 15) is 18.0 Å². The largest absolute Gasteiger partial charge is 0.494 e. The molecular weight excluding hydrogens is 575 g/mol. The Morgan fingerprint density at radius 2 is 1.71 bits per heavy atom. The first-order valence-corrected chi connectivity index (χ1v) is 13.8. The highest BCUT2D eigenvalue weighted by Gasteiger charge is 2.38. The number of halogens is 5. The molecule has 0 spiro atoms. The highest BCUT2D eigenvalue weighted by molar-refractivity contribution is 7.99. The average Bonchev–Trinajstić information content (AvgIpc) is 3.40. The number of rotatable bonds is 7. The van der Waals surface area contributed by atoms with E-state index in [1.54, 1.807) is 24.3 Å². The Kier molecular flexibility index (Phi) is 8.14. The Bertz CT molecular complexity index is 1740. The van der Waals surface area contributed by atoms with Crippen LogP contribution in [-0.2, 0) is 17.4 Å². The molecule has 0 bridgehead atoms. The van der Waals surface area contributed by atoms with Gasteiger partial charge in [0.15, 0.2) is 11.6 Å². The molecule has 0 N–H and O–H groups in total. The standard InChI is InChI=1S/C31H25F5N2O3S/c1-17-20(15-21-22(31(34,35)36)12-8-13-23(21)32)30-38(29(39)26(17)19-11-7-14-25(40-2)27(19)33)24(16-42-30)28(37-41-3)18-9-5-4-6-10-18/h4-14,24H,15-16H2,1-3H3. The second-order valence-corrected chi connectivity index (χ2v) is 10.6. The molecule has 42 heavy (non-hydrogen) atoms. The Morgan fingerprint density at radius 1 is 1.00 bits per heavy atom. The minimum atomic E-state index is -4.82. The molecule has 4 aromatic rings. The maximum Gasteiger partial charge on any atom is 0.416 e. The third-order valence-corrected chi connectivity index (χ3v) is 8.43. The van der Waals surface area contributed by atoms with Crippen molar-refractivity contribution in [1.29, 1.82) is 0 Å². The molecule has 218 valence electrons. The van der Waals surface area contributed by atoms with Gasteiger partial charge in [0, 0.05) is 28.9 Å². The van der Waals surface area contributed by atoms with Gasteiger partial charge >= 0.3 is 6.18 Å². The molecule has 5 nitrogen and oxygen atoms in total. The second-order valence-electron chi connectivity index (χ2n) is 9.57. The van der Waals surface area contributed by atoms with Gasteiger partial charge in [0.2, 0.25) is 0 Å². The molecular formula is C31H25F5N2O3S. The van der Waals surface area contributed by atoms with Gasteiger partial charge in [-0.2, -0.15) is 13.2 Å². The number of hydrogen-bond acceptors (Lipinski definition) is 5. The fourth-order valence-electron chi connectivity index (χ4n) is 5.28. The third-order valence-electron chi connectivity index (χ3n) is 7.23. The van der Waals surface area contributed by atoms with Crippen LogP contribution in [0.5, 0.6) is 5.75 Å².